The van der Waals surface area contributed by atoms with Crippen LogP contribution < -0.4 is 19.6 Å². The van der Waals surface area contributed by atoms with Crippen LogP contribution >= 0.6 is 0 Å². The van der Waals surface area contributed by atoms with Gasteiger partial charge in [0.05, 0.1) is 20.6 Å². The Morgan fingerprint density at radius 3 is 2.44 bits per heavy atom. The highest BCUT2D eigenvalue weighted by Gasteiger charge is 2.35. The Hall–Kier alpha value is -4.46. The lowest BCUT2D eigenvalue weighted by molar-refractivity contribution is -0.135. The van der Waals surface area contributed by atoms with Crippen molar-refractivity contribution in [3.63, 3.8) is 0 Å². The first-order valence-corrected chi connectivity index (χ1v) is 10.5. The maximum atomic E-state index is 13.1. The van der Waals surface area contributed by atoms with Crippen molar-refractivity contribution in [1.29, 1.82) is 0 Å². The fourth-order valence-corrected chi connectivity index (χ4v) is 4.38. The summed E-state index contributed by atoms with van der Waals surface area (Å²) in [7, 11) is 3.02. The number of phenols is 2. The molecule has 3 aromatic carbocycles. The fraction of sp³-hybridized carbons (Fsp3) is 0.154. The fourth-order valence-electron chi connectivity index (χ4n) is 4.38. The molecule has 0 spiro atoms. The minimum absolute atomic E-state index is 0.0221. The zero-order valence-corrected chi connectivity index (χ0v) is 18.3. The SMILES string of the molecule is COc1cccc([C@@H]2CC(=O)Oc3cc(O)c4c(=O)cc(-c5ccc(O)cc5)oc4c32)c1OC. The number of phenolic OH excluding ortho intramolecular Hbond substituents is 2. The number of ether oxygens (including phenoxy) is 3. The maximum absolute atomic E-state index is 13.1. The van der Waals surface area contributed by atoms with Gasteiger partial charge in [-0.15, -0.1) is 0 Å². The van der Waals surface area contributed by atoms with Crippen LogP contribution in [0.4, 0.5) is 0 Å². The van der Waals surface area contributed by atoms with Gasteiger partial charge in [-0.1, -0.05) is 12.1 Å². The average Bonchev–Trinajstić information content (AvgIpc) is 2.82. The second kappa shape index (κ2) is 8.15. The lowest BCUT2D eigenvalue weighted by atomic mass is 9.84. The van der Waals surface area contributed by atoms with Gasteiger partial charge in [-0.2, -0.15) is 0 Å². The Bertz CT molecular complexity index is 1480. The summed E-state index contributed by atoms with van der Waals surface area (Å²) >= 11 is 0. The quantitative estimate of drug-likeness (QED) is 0.342. The van der Waals surface area contributed by atoms with Gasteiger partial charge in [-0.05, 0) is 30.3 Å². The molecule has 0 saturated carbocycles. The average molecular weight is 460 g/mol. The molecule has 8 heteroatoms. The second-order valence-corrected chi connectivity index (χ2v) is 7.85. The van der Waals surface area contributed by atoms with Gasteiger partial charge >= 0.3 is 5.97 Å². The summed E-state index contributed by atoms with van der Waals surface area (Å²) in [6, 6.07) is 14.0. The normalized spacial score (nSPS) is 15.0. The van der Waals surface area contributed by atoms with Gasteiger partial charge in [0, 0.05) is 34.7 Å². The molecule has 0 amide bonds. The number of aromatic hydroxyl groups is 2. The number of hydrogen-bond donors (Lipinski definition) is 2. The van der Waals surface area contributed by atoms with Crippen molar-refractivity contribution in [3.8, 4) is 40.1 Å². The first kappa shape index (κ1) is 21.4. The van der Waals surface area contributed by atoms with Crippen LogP contribution in [0.3, 0.4) is 0 Å². The molecule has 0 aliphatic carbocycles. The number of esters is 1. The van der Waals surface area contributed by atoms with Crippen molar-refractivity contribution in [2.24, 2.45) is 0 Å². The predicted octanol–water partition coefficient (Wildman–Crippen LogP) is 4.33. The van der Waals surface area contributed by atoms with Crippen LogP contribution in [0.25, 0.3) is 22.3 Å². The number of carbonyl (C=O) groups is 1. The molecule has 0 radical (unpaired) electrons. The number of fused-ring (bicyclic) bond motifs is 3. The summed E-state index contributed by atoms with van der Waals surface area (Å²) < 4.78 is 22.6. The molecule has 34 heavy (non-hydrogen) atoms. The molecule has 1 atom stereocenters. The zero-order chi connectivity index (χ0) is 24.0. The van der Waals surface area contributed by atoms with E-state index >= 15 is 0 Å². The molecule has 0 saturated heterocycles. The first-order valence-electron chi connectivity index (χ1n) is 10.5. The van der Waals surface area contributed by atoms with Crippen LogP contribution in [-0.2, 0) is 4.79 Å². The van der Waals surface area contributed by atoms with Gasteiger partial charge < -0.3 is 28.8 Å². The molecule has 8 nitrogen and oxygen atoms in total. The minimum atomic E-state index is -0.595. The van der Waals surface area contributed by atoms with E-state index in [0.717, 1.165) is 0 Å². The highest BCUT2D eigenvalue weighted by Crippen LogP contribution is 2.49. The Balaban J connectivity index is 1.83. The topological polar surface area (TPSA) is 115 Å². The molecule has 4 aromatic rings. The van der Waals surface area contributed by atoms with E-state index in [9.17, 15) is 19.8 Å². The lowest BCUT2D eigenvalue weighted by Crippen LogP contribution is -2.22. The van der Waals surface area contributed by atoms with Gasteiger partial charge in [0.15, 0.2) is 16.9 Å². The Kier molecular flexibility index (Phi) is 5.13. The van der Waals surface area contributed by atoms with Crippen molar-refractivity contribution in [1.82, 2.24) is 0 Å². The molecular weight excluding hydrogens is 440 g/mol. The molecule has 1 aromatic heterocycles. The third kappa shape index (κ3) is 3.40. The molecule has 172 valence electrons. The van der Waals surface area contributed by atoms with E-state index in [-0.39, 0.29) is 40.4 Å². The standard InChI is InChI=1S/C26H20O8/c1-31-19-5-3-4-15(25(19)32-2)16-10-22(30)33-21-12-18(29)24-17(28)11-20(34-26(24)23(16)21)13-6-8-14(27)9-7-13/h3-9,11-12,16,27,29H,10H2,1-2H3/t16-/m0/s1. The van der Waals surface area contributed by atoms with E-state index in [0.29, 0.717) is 28.2 Å². The monoisotopic (exact) mass is 460 g/mol. The molecule has 0 unspecified atom stereocenters. The van der Waals surface area contributed by atoms with E-state index in [1.165, 1.54) is 38.5 Å². The lowest BCUT2D eigenvalue weighted by Gasteiger charge is -2.27. The van der Waals surface area contributed by atoms with Crippen molar-refractivity contribution in [2.75, 3.05) is 14.2 Å². The van der Waals surface area contributed by atoms with E-state index < -0.39 is 17.3 Å². The van der Waals surface area contributed by atoms with E-state index in [2.05, 4.69) is 0 Å². The van der Waals surface area contributed by atoms with Gasteiger partial charge in [-0.3, -0.25) is 9.59 Å². The number of methoxy groups -OCH3 is 2. The summed E-state index contributed by atoms with van der Waals surface area (Å²) in [6.45, 7) is 0. The third-order valence-electron chi connectivity index (χ3n) is 5.89. The highest BCUT2D eigenvalue weighted by atomic mass is 16.5. The maximum Gasteiger partial charge on any atom is 0.312 e. The van der Waals surface area contributed by atoms with E-state index in [4.69, 9.17) is 18.6 Å². The molecule has 0 bridgehead atoms. The van der Waals surface area contributed by atoms with Gasteiger partial charge in [0.2, 0.25) is 0 Å². The smallest absolute Gasteiger partial charge is 0.312 e. The van der Waals surface area contributed by atoms with Crippen molar-refractivity contribution >= 4 is 16.9 Å². The summed E-state index contributed by atoms with van der Waals surface area (Å²) in [5.74, 6) is -0.130. The summed E-state index contributed by atoms with van der Waals surface area (Å²) in [4.78, 5) is 25.6. The Morgan fingerprint density at radius 2 is 1.74 bits per heavy atom. The number of carbonyl (C=O) groups excluding carboxylic acids is 1. The molecule has 2 N–H and O–H groups in total. The number of rotatable bonds is 4. The van der Waals surface area contributed by atoms with Crippen molar-refractivity contribution in [2.45, 2.75) is 12.3 Å². The molecule has 2 heterocycles. The van der Waals surface area contributed by atoms with E-state index in [1.807, 2.05) is 0 Å². The van der Waals surface area contributed by atoms with Crippen LogP contribution in [0.15, 0.2) is 63.8 Å². The summed E-state index contributed by atoms with van der Waals surface area (Å²) in [5.41, 5.74) is 1.28. The molecule has 1 aliphatic heterocycles. The third-order valence-corrected chi connectivity index (χ3v) is 5.89. The zero-order valence-electron chi connectivity index (χ0n) is 18.3. The summed E-state index contributed by atoms with van der Waals surface area (Å²) in [6.07, 6.45) is -0.0381. The first-order chi connectivity index (χ1) is 16.4. The Labute approximate surface area is 193 Å². The largest absolute Gasteiger partial charge is 0.508 e. The molecule has 1 aliphatic rings. The van der Waals surface area contributed by atoms with Crippen LogP contribution in [0, 0.1) is 0 Å². The number of para-hydroxylation sites is 1. The van der Waals surface area contributed by atoms with Crippen molar-refractivity contribution in [3.05, 3.63) is 75.9 Å². The Morgan fingerprint density at radius 1 is 0.971 bits per heavy atom. The second-order valence-electron chi connectivity index (χ2n) is 7.85. The van der Waals surface area contributed by atoms with Crippen LogP contribution in [0.2, 0.25) is 0 Å². The molecule has 5 rings (SSSR count). The summed E-state index contributed by atoms with van der Waals surface area (Å²) in [5, 5.41) is 20.2. The number of benzene rings is 3. The molecule has 0 fully saturated rings. The van der Waals surface area contributed by atoms with Gasteiger partial charge in [0.1, 0.15) is 34.0 Å². The van der Waals surface area contributed by atoms with Gasteiger partial charge in [0.25, 0.3) is 0 Å². The molecular formula is C26H20O8. The van der Waals surface area contributed by atoms with Crippen molar-refractivity contribution < 1.29 is 33.6 Å². The van der Waals surface area contributed by atoms with Crippen LogP contribution in [0.1, 0.15) is 23.5 Å². The predicted molar refractivity (Wildman–Crippen MR) is 123 cm³/mol. The minimum Gasteiger partial charge on any atom is -0.508 e. The number of hydrogen-bond acceptors (Lipinski definition) is 8. The van der Waals surface area contributed by atoms with Crippen LogP contribution in [0.5, 0.6) is 28.7 Å². The highest BCUT2D eigenvalue weighted by molar-refractivity contribution is 5.93. The van der Waals surface area contributed by atoms with Gasteiger partial charge in [-0.25, -0.2) is 0 Å². The van der Waals surface area contributed by atoms with E-state index in [1.54, 1.807) is 30.3 Å². The van der Waals surface area contributed by atoms with Crippen LogP contribution in [-0.4, -0.2) is 30.4 Å².